The summed E-state index contributed by atoms with van der Waals surface area (Å²) in [5, 5.41) is 6.05. The summed E-state index contributed by atoms with van der Waals surface area (Å²) in [6, 6.07) is 19.4. The van der Waals surface area contributed by atoms with E-state index in [0.717, 1.165) is 22.6 Å². The molecule has 0 aliphatic rings. The van der Waals surface area contributed by atoms with Crippen molar-refractivity contribution in [3.05, 3.63) is 77.6 Å². The van der Waals surface area contributed by atoms with E-state index in [-0.39, 0.29) is 5.91 Å². The minimum Gasteiger partial charge on any atom is -0.378 e. The van der Waals surface area contributed by atoms with Gasteiger partial charge in [0, 0.05) is 37.7 Å². The van der Waals surface area contributed by atoms with E-state index in [1.54, 1.807) is 6.07 Å². The van der Waals surface area contributed by atoms with Crippen LogP contribution >= 0.6 is 0 Å². The zero-order chi connectivity index (χ0) is 19.2. The van der Waals surface area contributed by atoms with Crippen molar-refractivity contribution in [1.82, 2.24) is 15.3 Å². The van der Waals surface area contributed by atoms with Gasteiger partial charge in [-0.1, -0.05) is 30.3 Å². The summed E-state index contributed by atoms with van der Waals surface area (Å²) in [5.41, 5.74) is 4.07. The van der Waals surface area contributed by atoms with Crippen LogP contribution in [0.4, 0.5) is 17.3 Å². The zero-order valence-electron chi connectivity index (χ0n) is 15.7. The maximum atomic E-state index is 12.5. The van der Waals surface area contributed by atoms with Crippen molar-refractivity contribution in [2.75, 3.05) is 24.3 Å². The Hall–Kier alpha value is -3.41. The van der Waals surface area contributed by atoms with Gasteiger partial charge < -0.3 is 15.5 Å². The Labute approximate surface area is 159 Å². The van der Waals surface area contributed by atoms with Crippen LogP contribution in [0.3, 0.4) is 0 Å². The molecule has 1 amide bonds. The fourth-order valence-electron chi connectivity index (χ4n) is 2.58. The predicted molar refractivity (Wildman–Crippen MR) is 108 cm³/mol. The number of rotatable bonds is 6. The summed E-state index contributed by atoms with van der Waals surface area (Å²) < 4.78 is 0. The lowest BCUT2D eigenvalue weighted by Gasteiger charge is -2.13. The SMILES string of the molecule is Cc1cc(C(=O)NCc2ccccc2)nc(Nc2ccc(N(C)C)cc2)n1. The Morgan fingerprint density at radius 2 is 1.70 bits per heavy atom. The molecule has 6 heteroatoms. The summed E-state index contributed by atoms with van der Waals surface area (Å²) in [5.74, 6) is 0.174. The number of carbonyl (C=O) groups is 1. The molecule has 2 aromatic carbocycles. The van der Waals surface area contributed by atoms with Gasteiger partial charge in [0.2, 0.25) is 5.95 Å². The zero-order valence-corrected chi connectivity index (χ0v) is 15.7. The number of aryl methyl sites for hydroxylation is 1. The first-order valence-corrected chi connectivity index (χ1v) is 8.73. The molecule has 0 aliphatic carbocycles. The Morgan fingerprint density at radius 1 is 1.00 bits per heavy atom. The van der Waals surface area contributed by atoms with E-state index in [0.29, 0.717) is 18.2 Å². The molecule has 1 aromatic heterocycles. The number of nitrogens with zero attached hydrogens (tertiary/aromatic N) is 3. The topological polar surface area (TPSA) is 70.2 Å². The lowest BCUT2D eigenvalue weighted by atomic mass is 10.2. The first kappa shape index (κ1) is 18.4. The van der Waals surface area contributed by atoms with Crippen LogP contribution in [0.1, 0.15) is 21.7 Å². The van der Waals surface area contributed by atoms with Crippen LogP contribution < -0.4 is 15.5 Å². The molecular formula is C21H23N5O. The Kier molecular flexibility index (Phi) is 5.66. The molecule has 0 saturated carbocycles. The van der Waals surface area contributed by atoms with Gasteiger partial charge in [0.15, 0.2) is 0 Å². The maximum Gasteiger partial charge on any atom is 0.270 e. The van der Waals surface area contributed by atoms with Gasteiger partial charge in [-0.2, -0.15) is 0 Å². The molecule has 0 unspecified atom stereocenters. The van der Waals surface area contributed by atoms with Crippen molar-refractivity contribution in [2.45, 2.75) is 13.5 Å². The average Bonchev–Trinajstić information content (AvgIpc) is 2.67. The second-order valence-electron chi connectivity index (χ2n) is 6.45. The molecule has 0 bridgehead atoms. The minimum absolute atomic E-state index is 0.227. The molecule has 6 nitrogen and oxygen atoms in total. The standard InChI is InChI=1S/C21H23N5O/c1-15-13-19(20(27)22-14-16-7-5-4-6-8-16)25-21(23-15)24-17-9-11-18(12-10-17)26(2)3/h4-13H,14H2,1-3H3,(H,22,27)(H,23,24,25). The molecule has 1 heterocycles. The van der Waals surface area contributed by atoms with Crippen molar-refractivity contribution in [2.24, 2.45) is 0 Å². The van der Waals surface area contributed by atoms with E-state index in [1.165, 1.54) is 0 Å². The summed E-state index contributed by atoms with van der Waals surface area (Å²) in [6.45, 7) is 2.30. The van der Waals surface area contributed by atoms with Crippen molar-refractivity contribution in [3.63, 3.8) is 0 Å². The van der Waals surface area contributed by atoms with Crippen LogP contribution in [0.2, 0.25) is 0 Å². The fraction of sp³-hybridized carbons (Fsp3) is 0.190. The molecule has 0 saturated heterocycles. The van der Waals surface area contributed by atoms with Crippen LogP contribution in [-0.4, -0.2) is 30.0 Å². The predicted octanol–water partition coefficient (Wildman–Crippen LogP) is 3.52. The lowest BCUT2D eigenvalue weighted by Crippen LogP contribution is -2.24. The van der Waals surface area contributed by atoms with Gasteiger partial charge in [0.05, 0.1) is 0 Å². The Balaban J connectivity index is 1.70. The van der Waals surface area contributed by atoms with Gasteiger partial charge in [-0.15, -0.1) is 0 Å². The number of hydrogen-bond donors (Lipinski definition) is 2. The molecule has 0 atom stereocenters. The number of benzene rings is 2. The highest BCUT2D eigenvalue weighted by molar-refractivity contribution is 5.92. The molecule has 0 spiro atoms. The number of carbonyl (C=O) groups excluding carboxylic acids is 1. The number of aromatic nitrogens is 2. The van der Waals surface area contributed by atoms with Gasteiger partial charge in [-0.3, -0.25) is 4.79 Å². The highest BCUT2D eigenvalue weighted by Gasteiger charge is 2.11. The maximum absolute atomic E-state index is 12.5. The molecule has 138 valence electrons. The highest BCUT2D eigenvalue weighted by atomic mass is 16.1. The molecule has 0 fully saturated rings. The number of amides is 1. The summed E-state index contributed by atoms with van der Waals surface area (Å²) in [4.78, 5) is 23.2. The molecule has 27 heavy (non-hydrogen) atoms. The van der Waals surface area contributed by atoms with Gasteiger partial charge in [0.25, 0.3) is 5.91 Å². The molecule has 0 radical (unpaired) electrons. The van der Waals surface area contributed by atoms with Crippen LogP contribution in [-0.2, 0) is 6.54 Å². The monoisotopic (exact) mass is 361 g/mol. The first-order chi connectivity index (χ1) is 13.0. The minimum atomic E-state index is -0.227. The third kappa shape index (κ3) is 5.04. The Bertz CT molecular complexity index is 908. The number of nitrogens with one attached hydrogen (secondary N) is 2. The highest BCUT2D eigenvalue weighted by Crippen LogP contribution is 2.18. The van der Waals surface area contributed by atoms with Gasteiger partial charge in [-0.05, 0) is 42.8 Å². The smallest absolute Gasteiger partial charge is 0.270 e. The lowest BCUT2D eigenvalue weighted by molar-refractivity contribution is 0.0945. The quantitative estimate of drug-likeness (QED) is 0.703. The summed E-state index contributed by atoms with van der Waals surface area (Å²) >= 11 is 0. The molecule has 3 rings (SSSR count). The molecule has 2 N–H and O–H groups in total. The van der Waals surface area contributed by atoms with Gasteiger partial charge in [-0.25, -0.2) is 9.97 Å². The molecule has 3 aromatic rings. The normalized spacial score (nSPS) is 10.3. The van der Waals surface area contributed by atoms with Crippen molar-refractivity contribution >= 4 is 23.2 Å². The van der Waals surface area contributed by atoms with Gasteiger partial charge >= 0.3 is 0 Å². The van der Waals surface area contributed by atoms with Crippen molar-refractivity contribution < 1.29 is 4.79 Å². The van der Waals surface area contributed by atoms with Crippen LogP contribution in [0.5, 0.6) is 0 Å². The van der Waals surface area contributed by atoms with Gasteiger partial charge in [0.1, 0.15) is 5.69 Å². The third-order valence-electron chi connectivity index (χ3n) is 4.02. The van der Waals surface area contributed by atoms with E-state index in [4.69, 9.17) is 0 Å². The van der Waals surface area contributed by atoms with E-state index in [9.17, 15) is 4.79 Å². The van der Waals surface area contributed by atoms with Crippen LogP contribution in [0.25, 0.3) is 0 Å². The number of hydrogen-bond acceptors (Lipinski definition) is 5. The second-order valence-corrected chi connectivity index (χ2v) is 6.45. The van der Waals surface area contributed by atoms with Crippen LogP contribution in [0, 0.1) is 6.92 Å². The first-order valence-electron chi connectivity index (χ1n) is 8.73. The van der Waals surface area contributed by atoms with Crippen molar-refractivity contribution in [1.29, 1.82) is 0 Å². The summed E-state index contributed by atoms with van der Waals surface area (Å²) in [7, 11) is 3.98. The van der Waals surface area contributed by atoms with E-state index < -0.39 is 0 Å². The number of anilines is 3. The van der Waals surface area contributed by atoms with E-state index in [1.807, 2.05) is 80.5 Å². The Morgan fingerprint density at radius 3 is 2.37 bits per heavy atom. The average molecular weight is 361 g/mol. The molecule has 0 aliphatic heterocycles. The van der Waals surface area contributed by atoms with E-state index in [2.05, 4.69) is 20.6 Å². The largest absolute Gasteiger partial charge is 0.378 e. The third-order valence-corrected chi connectivity index (χ3v) is 4.02. The summed E-state index contributed by atoms with van der Waals surface area (Å²) in [6.07, 6.45) is 0. The van der Waals surface area contributed by atoms with E-state index >= 15 is 0 Å². The molecular weight excluding hydrogens is 338 g/mol. The second kappa shape index (κ2) is 8.31. The van der Waals surface area contributed by atoms with Crippen molar-refractivity contribution in [3.8, 4) is 0 Å². The van der Waals surface area contributed by atoms with Crippen LogP contribution in [0.15, 0.2) is 60.7 Å². The fourth-order valence-corrected chi connectivity index (χ4v) is 2.58.